The van der Waals surface area contributed by atoms with Crippen molar-refractivity contribution in [1.82, 2.24) is 4.89 Å². The third kappa shape index (κ3) is 4.70. The fraction of sp³-hybridized carbons (Fsp3) is 1.00. The van der Waals surface area contributed by atoms with E-state index >= 15 is 0 Å². The van der Waals surface area contributed by atoms with Crippen LogP contribution in [-0.2, 0) is 4.84 Å². The van der Waals surface area contributed by atoms with Crippen molar-refractivity contribution in [3.63, 3.8) is 0 Å². The van der Waals surface area contributed by atoms with Gasteiger partial charge in [-0.2, -0.15) is 0 Å². The van der Waals surface area contributed by atoms with E-state index in [1.165, 1.54) is 11.6 Å². The van der Waals surface area contributed by atoms with E-state index in [1.54, 1.807) is 7.11 Å². The molecule has 0 radical (unpaired) electrons. The largest absolute Gasteiger partial charge is 0.294 e. The van der Waals surface area contributed by atoms with E-state index in [0.717, 1.165) is 0 Å². The Bertz CT molecular complexity index is 19.1. The lowest BCUT2D eigenvalue weighted by molar-refractivity contribution is 0.165. The lowest BCUT2D eigenvalue weighted by atomic mass is 11.7. The molecule has 0 saturated heterocycles. The molecule has 0 aliphatic carbocycles. The van der Waals surface area contributed by atoms with Gasteiger partial charge in [-0.25, -0.2) is 0 Å². The molecule has 1 unspecified atom stereocenters. The van der Waals surface area contributed by atoms with E-state index < -0.39 is 0 Å². The van der Waals surface area contributed by atoms with E-state index in [9.17, 15) is 0 Å². The molecular weight excluding hydrogens is 105 g/mol. The van der Waals surface area contributed by atoms with Crippen LogP contribution in [0.5, 0.6) is 0 Å². The van der Waals surface area contributed by atoms with Crippen LogP contribution < -0.4 is 4.89 Å². The van der Waals surface area contributed by atoms with Gasteiger partial charge in [-0.15, -0.1) is 4.89 Å². The van der Waals surface area contributed by atoms with Crippen LogP contribution in [0, 0.1) is 0 Å². The van der Waals surface area contributed by atoms with Gasteiger partial charge >= 0.3 is 0 Å². The van der Waals surface area contributed by atoms with Crippen LogP contribution in [0.4, 0.5) is 0 Å². The molecule has 4 heteroatoms. The highest BCUT2D eigenvalue weighted by molar-refractivity contribution is 8.42. The number of nitrogens with one attached hydrogen (secondary N) is 1. The van der Waals surface area contributed by atoms with Crippen molar-refractivity contribution < 1.29 is 4.84 Å². The summed E-state index contributed by atoms with van der Waals surface area (Å²) in [6.07, 6.45) is 0. The summed E-state index contributed by atoms with van der Waals surface area (Å²) in [7, 11) is 3.95. The second-order valence-corrected chi connectivity index (χ2v) is 1.51. The Balaban J connectivity index is 2.19. The van der Waals surface area contributed by atoms with Crippen molar-refractivity contribution in [2.24, 2.45) is 0 Å². The van der Waals surface area contributed by atoms with Crippen molar-refractivity contribution in [3.8, 4) is 0 Å². The first-order chi connectivity index (χ1) is 2.41. The van der Waals surface area contributed by atoms with Crippen molar-refractivity contribution in [3.05, 3.63) is 0 Å². The Labute approximate surface area is 37.7 Å². The van der Waals surface area contributed by atoms with Gasteiger partial charge in [0.05, 0.1) is 7.11 Å². The second kappa shape index (κ2) is 4.70. The molecule has 32 valence electrons. The summed E-state index contributed by atoms with van der Waals surface area (Å²) in [6, 6.07) is 0. The van der Waals surface area contributed by atoms with Crippen molar-refractivity contribution in [2.45, 2.75) is 0 Å². The molecule has 0 fully saturated rings. The molecule has 0 saturated carbocycles. The fourth-order valence-electron chi connectivity index (χ4n) is 0.0481. The Hall–Kier alpha value is 0.700. The van der Waals surface area contributed by atoms with E-state index in [4.69, 9.17) is 0 Å². The molecule has 0 amide bonds. The minimum absolute atomic E-state index is 1.35. The molecule has 1 atom stereocenters. The average Bonchev–Trinajstić information content (AvgIpc) is 1.41. The Kier molecular flexibility index (Phi) is 5.36. The second-order valence-electron chi connectivity index (χ2n) is 0.405. The summed E-state index contributed by atoms with van der Waals surface area (Å²) in [4.78, 5) is 6.87. The molecular formula is CH6NOPS. The van der Waals surface area contributed by atoms with Gasteiger partial charge in [-0.3, -0.25) is 4.84 Å². The Morgan fingerprint density at radius 3 is 2.60 bits per heavy atom. The summed E-state index contributed by atoms with van der Waals surface area (Å²) in [6.45, 7) is 0. The topological polar surface area (TPSA) is 21.3 Å². The highest BCUT2D eigenvalue weighted by Gasteiger charge is 1.61. The van der Waals surface area contributed by atoms with Crippen LogP contribution >= 0.6 is 20.0 Å². The third-order valence-corrected chi connectivity index (χ3v) is 0.683. The number of hydrogen-bond donors (Lipinski definition) is 1. The summed E-state index contributed by atoms with van der Waals surface area (Å²) >= 11 is 1.35. The zero-order valence-corrected chi connectivity index (χ0v) is 4.87. The Morgan fingerprint density at radius 1 is 2.00 bits per heavy atom. The molecule has 0 bridgehead atoms. The van der Waals surface area contributed by atoms with Gasteiger partial charge in [0.25, 0.3) is 0 Å². The van der Waals surface area contributed by atoms with Gasteiger partial charge in [0.15, 0.2) is 0 Å². The highest BCUT2D eigenvalue weighted by Crippen LogP contribution is 2.00. The molecule has 0 spiro atoms. The van der Waals surface area contributed by atoms with E-state index in [1.807, 2.05) is 0 Å². The lowest BCUT2D eigenvalue weighted by Crippen LogP contribution is -1.93. The molecule has 0 aliphatic rings. The molecule has 0 aromatic carbocycles. The van der Waals surface area contributed by atoms with Crippen LogP contribution in [0.15, 0.2) is 0 Å². The van der Waals surface area contributed by atoms with E-state index in [-0.39, 0.29) is 0 Å². The van der Waals surface area contributed by atoms with Crippen molar-refractivity contribution in [1.29, 1.82) is 0 Å². The van der Waals surface area contributed by atoms with Crippen LogP contribution in [-0.4, -0.2) is 7.11 Å². The maximum atomic E-state index is 4.38. The molecule has 0 aliphatic heterocycles. The van der Waals surface area contributed by atoms with Crippen LogP contribution in [0.1, 0.15) is 0 Å². The van der Waals surface area contributed by atoms with Crippen LogP contribution in [0.3, 0.4) is 0 Å². The van der Waals surface area contributed by atoms with Crippen molar-refractivity contribution >= 4 is 20.0 Å². The summed E-state index contributed by atoms with van der Waals surface area (Å²) in [5.41, 5.74) is 0. The minimum Gasteiger partial charge on any atom is -0.294 e. The zero-order valence-electron chi connectivity index (χ0n) is 2.89. The van der Waals surface area contributed by atoms with Crippen LogP contribution in [0.25, 0.3) is 0 Å². The van der Waals surface area contributed by atoms with Gasteiger partial charge < -0.3 is 0 Å². The van der Waals surface area contributed by atoms with Gasteiger partial charge in [0.2, 0.25) is 0 Å². The summed E-state index contributed by atoms with van der Waals surface area (Å²) in [5.74, 6) is 0. The first-order valence-electron chi connectivity index (χ1n) is 1.05. The third-order valence-electron chi connectivity index (χ3n) is 0.131. The monoisotopic (exact) mass is 111 g/mol. The molecule has 0 rings (SSSR count). The molecule has 2 nitrogen and oxygen atoms in total. The maximum Gasteiger partial charge on any atom is 0.0583 e. The number of rotatable bonds is 2. The molecule has 0 aromatic rings. The summed E-state index contributed by atoms with van der Waals surface area (Å²) < 4.78 is 0. The van der Waals surface area contributed by atoms with E-state index in [0.29, 0.717) is 0 Å². The quantitative estimate of drug-likeness (QED) is 0.320. The van der Waals surface area contributed by atoms with Crippen molar-refractivity contribution in [2.75, 3.05) is 7.11 Å². The Morgan fingerprint density at radius 2 is 2.60 bits per heavy atom. The highest BCUT2D eigenvalue weighted by atomic mass is 32.7. The molecule has 0 heterocycles. The normalized spacial score (nSPS) is 8.40. The molecule has 1 N–H and O–H groups in total. The van der Waals surface area contributed by atoms with Gasteiger partial charge in [0.1, 0.15) is 0 Å². The fourth-order valence-corrected chi connectivity index (χ4v) is 0.433. The minimum atomic E-state index is 1.35. The summed E-state index contributed by atoms with van der Waals surface area (Å²) in [5, 5.41) is 0. The molecule has 5 heavy (non-hydrogen) atoms. The van der Waals surface area contributed by atoms with E-state index in [2.05, 4.69) is 18.2 Å². The maximum absolute atomic E-state index is 4.38. The lowest BCUT2D eigenvalue weighted by Gasteiger charge is -1.87. The van der Waals surface area contributed by atoms with Gasteiger partial charge in [-0.05, 0) is 11.6 Å². The standard InChI is InChI=1S/CH6NOPS/c1-3-2-5-4/h2H,4H2,1H3. The first-order valence-corrected chi connectivity index (χ1v) is 3.35. The van der Waals surface area contributed by atoms with Crippen LogP contribution in [0.2, 0.25) is 0 Å². The smallest absolute Gasteiger partial charge is 0.0583 e. The molecule has 0 aromatic heterocycles. The predicted molar refractivity (Wildman–Crippen MR) is 27.4 cm³/mol. The number of hydrogen-bond acceptors (Lipinski definition) is 3. The predicted octanol–water partition coefficient (Wildman–Crippen LogP) is 0.576. The van der Waals surface area contributed by atoms with Gasteiger partial charge in [0, 0.05) is 0 Å². The zero-order chi connectivity index (χ0) is 4.12. The average molecular weight is 111 g/mol. The van der Waals surface area contributed by atoms with Gasteiger partial charge in [-0.1, -0.05) is 8.44 Å². The SMILES string of the molecule is CONSP. The first kappa shape index (κ1) is 5.70.